The maximum Gasteiger partial charge on any atom is 0.280 e. The molecule has 1 atom stereocenters. The zero-order valence-corrected chi connectivity index (χ0v) is 13.5. The lowest BCUT2D eigenvalue weighted by atomic mass is 10.1. The summed E-state index contributed by atoms with van der Waals surface area (Å²) >= 11 is 1.45. The van der Waals surface area contributed by atoms with E-state index in [2.05, 4.69) is 10.4 Å². The minimum absolute atomic E-state index is 0.0155. The van der Waals surface area contributed by atoms with Gasteiger partial charge in [0.1, 0.15) is 11.2 Å². The summed E-state index contributed by atoms with van der Waals surface area (Å²) in [6.45, 7) is 1.99. The van der Waals surface area contributed by atoms with E-state index in [0.717, 1.165) is 16.0 Å². The molecule has 0 aromatic carbocycles. The lowest BCUT2D eigenvalue weighted by Gasteiger charge is -2.10. The Kier molecular flexibility index (Phi) is 3.77. The second-order valence-electron chi connectivity index (χ2n) is 5.28. The minimum Gasteiger partial charge on any atom is -0.273 e. The fourth-order valence-corrected chi connectivity index (χ4v) is 5.11. The van der Waals surface area contributed by atoms with E-state index in [1.54, 1.807) is 6.07 Å². The molecule has 1 aliphatic rings. The van der Waals surface area contributed by atoms with E-state index in [4.69, 9.17) is 0 Å². The third-order valence-corrected chi connectivity index (χ3v) is 6.64. The van der Waals surface area contributed by atoms with Crippen LogP contribution >= 0.6 is 11.3 Å². The van der Waals surface area contributed by atoms with Gasteiger partial charge in [-0.3, -0.25) is 15.0 Å². The molecule has 1 amide bonds. The number of fused-ring (bicyclic) bond motifs is 1. The molecule has 2 aromatic rings. The van der Waals surface area contributed by atoms with Crippen molar-refractivity contribution in [1.82, 2.24) is 9.66 Å². The number of hydrogen-bond donors (Lipinski definition) is 1. The van der Waals surface area contributed by atoms with Crippen LogP contribution in [0.1, 0.15) is 18.2 Å². The predicted octanol–water partition coefficient (Wildman–Crippen LogP) is 0.525. The molecule has 1 N–H and O–H groups in total. The highest BCUT2D eigenvalue weighted by Crippen LogP contribution is 2.21. The third-order valence-electron chi connectivity index (χ3n) is 3.69. The quantitative estimate of drug-likeness (QED) is 0.878. The summed E-state index contributed by atoms with van der Waals surface area (Å²) in [5.41, 5.74) is 2.10. The number of hydrogen-bond acceptors (Lipinski definition) is 6. The Bertz CT molecular complexity index is 898. The van der Waals surface area contributed by atoms with Gasteiger partial charge in [-0.1, -0.05) is 6.92 Å². The largest absolute Gasteiger partial charge is 0.280 e. The lowest BCUT2D eigenvalue weighted by Crippen LogP contribution is -2.36. The van der Waals surface area contributed by atoms with Crippen LogP contribution in [0.25, 0.3) is 10.2 Å². The van der Waals surface area contributed by atoms with Gasteiger partial charge in [-0.05, 0) is 18.9 Å². The average Bonchev–Trinajstić information content (AvgIpc) is 3.05. The van der Waals surface area contributed by atoms with Crippen molar-refractivity contribution in [1.29, 1.82) is 0 Å². The number of nitrogens with one attached hydrogen (secondary N) is 1. The van der Waals surface area contributed by atoms with E-state index < -0.39 is 21.7 Å². The van der Waals surface area contributed by atoms with Crippen molar-refractivity contribution in [3.8, 4) is 0 Å². The Morgan fingerprint density at radius 2 is 2.32 bits per heavy atom. The number of nitrogens with zero attached hydrogens (tertiary/aromatic N) is 2. The minimum atomic E-state index is -3.14. The number of thiophene rings is 1. The van der Waals surface area contributed by atoms with Crippen LogP contribution in [0.4, 0.5) is 0 Å². The fourth-order valence-electron chi connectivity index (χ4n) is 2.44. The number of carbonyl (C=O) groups is 1. The molecule has 118 valence electrons. The Morgan fingerprint density at radius 1 is 1.55 bits per heavy atom. The van der Waals surface area contributed by atoms with Gasteiger partial charge in [0, 0.05) is 4.88 Å². The normalized spacial score (nSPS) is 20.3. The van der Waals surface area contributed by atoms with Crippen molar-refractivity contribution in [3.05, 3.63) is 27.6 Å². The highest BCUT2D eigenvalue weighted by atomic mass is 32.2. The summed E-state index contributed by atoms with van der Waals surface area (Å²) in [6.07, 6.45) is 2.37. The van der Waals surface area contributed by atoms with Gasteiger partial charge in [0.2, 0.25) is 5.91 Å². The first-order chi connectivity index (χ1) is 10.4. The molecule has 1 aliphatic heterocycles. The second kappa shape index (κ2) is 5.47. The van der Waals surface area contributed by atoms with Gasteiger partial charge in [0.25, 0.3) is 5.56 Å². The van der Waals surface area contributed by atoms with Crippen LogP contribution in [-0.2, 0) is 21.1 Å². The smallest absolute Gasteiger partial charge is 0.273 e. The standard InChI is InChI=1S/C13H15N3O4S2/c1-2-9-5-10-12(21-9)14-7-16(13(10)18)15-11(17)8-3-4-22(19,20)6-8/h5,7-8H,2-4,6H2,1H3,(H,15,17)/t8-/m0/s1. The monoisotopic (exact) mass is 341 g/mol. The lowest BCUT2D eigenvalue weighted by molar-refractivity contribution is -0.120. The zero-order chi connectivity index (χ0) is 15.9. The van der Waals surface area contributed by atoms with Gasteiger partial charge in [0.05, 0.1) is 22.8 Å². The zero-order valence-electron chi connectivity index (χ0n) is 11.9. The van der Waals surface area contributed by atoms with Crippen LogP contribution in [0.15, 0.2) is 17.2 Å². The molecular formula is C13H15N3O4S2. The van der Waals surface area contributed by atoms with E-state index >= 15 is 0 Å². The van der Waals surface area contributed by atoms with E-state index in [1.165, 1.54) is 17.7 Å². The molecule has 0 radical (unpaired) electrons. The van der Waals surface area contributed by atoms with Gasteiger partial charge >= 0.3 is 0 Å². The van der Waals surface area contributed by atoms with Gasteiger partial charge in [0.15, 0.2) is 9.84 Å². The summed E-state index contributed by atoms with van der Waals surface area (Å²) in [4.78, 5) is 30.3. The molecule has 1 fully saturated rings. The van der Waals surface area contributed by atoms with Crippen molar-refractivity contribution in [3.63, 3.8) is 0 Å². The van der Waals surface area contributed by atoms with Crippen LogP contribution in [-0.4, -0.2) is 35.5 Å². The molecular weight excluding hydrogens is 326 g/mol. The summed E-state index contributed by atoms with van der Waals surface area (Å²) in [6, 6.07) is 1.78. The van der Waals surface area contributed by atoms with Crippen molar-refractivity contribution < 1.29 is 13.2 Å². The molecule has 3 heterocycles. The van der Waals surface area contributed by atoms with E-state index in [0.29, 0.717) is 10.2 Å². The number of carbonyl (C=O) groups excluding carboxylic acids is 1. The van der Waals surface area contributed by atoms with Crippen LogP contribution in [0.5, 0.6) is 0 Å². The molecule has 7 nitrogen and oxygen atoms in total. The molecule has 2 aromatic heterocycles. The number of amides is 1. The van der Waals surface area contributed by atoms with Crippen molar-refractivity contribution in [2.75, 3.05) is 16.9 Å². The number of aromatic nitrogens is 2. The molecule has 0 unspecified atom stereocenters. The molecule has 22 heavy (non-hydrogen) atoms. The number of aryl methyl sites for hydroxylation is 1. The fraction of sp³-hybridized carbons (Fsp3) is 0.462. The number of rotatable bonds is 3. The van der Waals surface area contributed by atoms with Crippen LogP contribution in [0.2, 0.25) is 0 Å². The molecule has 0 aliphatic carbocycles. The first-order valence-electron chi connectivity index (χ1n) is 6.91. The molecule has 9 heteroatoms. The van der Waals surface area contributed by atoms with Crippen molar-refractivity contribution in [2.45, 2.75) is 19.8 Å². The van der Waals surface area contributed by atoms with Crippen LogP contribution in [0, 0.1) is 5.92 Å². The first-order valence-corrected chi connectivity index (χ1v) is 9.55. The highest BCUT2D eigenvalue weighted by molar-refractivity contribution is 7.91. The number of sulfone groups is 1. The summed E-state index contributed by atoms with van der Waals surface area (Å²) in [7, 11) is -3.14. The Balaban J connectivity index is 1.86. The van der Waals surface area contributed by atoms with Gasteiger partial charge < -0.3 is 0 Å². The summed E-state index contributed by atoms with van der Waals surface area (Å²) in [5.74, 6) is -1.22. The Morgan fingerprint density at radius 3 is 2.95 bits per heavy atom. The van der Waals surface area contributed by atoms with E-state index in [9.17, 15) is 18.0 Å². The predicted molar refractivity (Wildman–Crippen MR) is 84.4 cm³/mol. The molecule has 0 spiro atoms. The van der Waals surface area contributed by atoms with Crippen molar-refractivity contribution in [2.24, 2.45) is 5.92 Å². The molecule has 0 saturated carbocycles. The first kappa shape index (κ1) is 15.2. The van der Waals surface area contributed by atoms with Gasteiger partial charge in [-0.15, -0.1) is 11.3 Å². The topological polar surface area (TPSA) is 98.1 Å². The highest BCUT2D eigenvalue weighted by Gasteiger charge is 2.33. The van der Waals surface area contributed by atoms with Gasteiger partial charge in [-0.2, -0.15) is 0 Å². The molecule has 3 rings (SSSR count). The Hall–Kier alpha value is -1.74. The molecule has 0 bridgehead atoms. The van der Waals surface area contributed by atoms with Crippen LogP contribution in [0.3, 0.4) is 0 Å². The maximum atomic E-state index is 12.3. The second-order valence-corrected chi connectivity index (χ2v) is 8.62. The van der Waals surface area contributed by atoms with Gasteiger partial charge in [-0.25, -0.2) is 18.1 Å². The van der Waals surface area contributed by atoms with E-state index in [1.807, 2.05) is 6.92 Å². The SMILES string of the molecule is CCc1cc2c(=O)n(NC(=O)[C@H]3CCS(=O)(=O)C3)cnc2s1. The summed E-state index contributed by atoms with van der Waals surface area (Å²) < 4.78 is 23.9. The maximum absolute atomic E-state index is 12.3. The molecule has 1 saturated heterocycles. The summed E-state index contributed by atoms with van der Waals surface area (Å²) in [5, 5.41) is 0.462. The van der Waals surface area contributed by atoms with Crippen molar-refractivity contribution >= 4 is 37.3 Å². The van der Waals surface area contributed by atoms with Crippen LogP contribution < -0.4 is 11.0 Å². The average molecular weight is 341 g/mol. The third kappa shape index (κ3) is 2.78. The Labute approximate surface area is 130 Å². The van der Waals surface area contributed by atoms with E-state index in [-0.39, 0.29) is 23.5 Å².